The molecular formula is C16H18ClNO2S. The summed E-state index contributed by atoms with van der Waals surface area (Å²) in [4.78, 5) is 0.685. The molecule has 0 aromatic heterocycles. The maximum absolute atomic E-state index is 12.4. The lowest BCUT2D eigenvalue weighted by atomic mass is 10.1. The van der Waals surface area contributed by atoms with Crippen molar-refractivity contribution in [3.8, 4) is 5.75 Å². The summed E-state index contributed by atoms with van der Waals surface area (Å²) in [5.74, 6) is 1.04. The molecule has 0 spiro atoms. The van der Waals surface area contributed by atoms with Gasteiger partial charge in [0, 0.05) is 27.3 Å². The molecule has 112 valence electrons. The number of benzene rings is 2. The van der Waals surface area contributed by atoms with Gasteiger partial charge in [-0.25, -0.2) is 0 Å². The van der Waals surface area contributed by atoms with Crippen LogP contribution in [0.3, 0.4) is 0 Å². The Hall–Kier alpha value is -1.36. The normalized spacial score (nSPS) is 13.7. The van der Waals surface area contributed by atoms with E-state index in [1.807, 2.05) is 25.1 Å². The van der Waals surface area contributed by atoms with Crippen LogP contribution in [0.25, 0.3) is 0 Å². The second-order valence-electron chi connectivity index (χ2n) is 4.82. The Morgan fingerprint density at radius 3 is 2.71 bits per heavy atom. The van der Waals surface area contributed by atoms with Gasteiger partial charge < -0.3 is 10.5 Å². The van der Waals surface area contributed by atoms with Crippen LogP contribution in [0.1, 0.15) is 17.2 Å². The third-order valence-electron chi connectivity index (χ3n) is 3.17. The summed E-state index contributed by atoms with van der Waals surface area (Å²) in [6.07, 6.45) is 0. The van der Waals surface area contributed by atoms with E-state index >= 15 is 0 Å². The summed E-state index contributed by atoms with van der Waals surface area (Å²) in [6, 6.07) is 12.5. The summed E-state index contributed by atoms with van der Waals surface area (Å²) in [6.45, 7) is 1.99. The lowest BCUT2D eigenvalue weighted by Crippen LogP contribution is -2.19. The van der Waals surface area contributed by atoms with Gasteiger partial charge in [0.15, 0.2) is 0 Å². The molecule has 2 atom stereocenters. The fraction of sp³-hybridized carbons (Fsp3) is 0.250. The van der Waals surface area contributed by atoms with Crippen molar-refractivity contribution in [1.29, 1.82) is 0 Å². The van der Waals surface area contributed by atoms with Gasteiger partial charge >= 0.3 is 0 Å². The standard InChI is InChI=1S/C16H18ClNO2S/c1-11-6-7-16(20-2)14(8-11)15(18)10-21(19)13-5-3-4-12(17)9-13/h3-9,15H,10,18H2,1-2H3. The Bertz CT molecular complexity index is 660. The quantitative estimate of drug-likeness (QED) is 0.916. The number of nitrogens with two attached hydrogens (primary N) is 1. The third-order valence-corrected chi connectivity index (χ3v) is 4.85. The van der Waals surface area contributed by atoms with Crippen LogP contribution in [0.15, 0.2) is 47.4 Å². The van der Waals surface area contributed by atoms with E-state index in [2.05, 4.69) is 0 Å². The first kappa shape index (κ1) is 16.0. The highest BCUT2D eigenvalue weighted by Gasteiger charge is 2.16. The SMILES string of the molecule is COc1ccc(C)cc1C(N)CS(=O)c1cccc(Cl)c1. The zero-order valence-electron chi connectivity index (χ0n) is 12.0. The molecule has 2 rings (SSSR count). The van der Waals surface area contributed by atoms with Crippen molar-refractivity contribution in [1.82, 2.24) is 0 Å². The number of ether oxygens (including phenoxy) is 1. The Morgan fingerprint density at radius 1 is 1.29 bits per heavy atom. The van der Waals surface area contributed by atoms with Crippen LogP contribution in [0.4, 0.5) is 0 Å². The first-order valence-electron chi connectivity index (χ1n) is 6.55. The van der Waals surface area contributed by atoms with Crippen LogP contribution < -0.4 is 10.5 Å². The maximum atomic E-state index is 12.4. The molecule has 0 saturated carbocycles. The van der Waals surface area contributed by atoms with Gasteiger partial charge in [0.25, 0.3) is 0 Å². The van der Waals surface area contributed by atoms with Crippen LogP contribution in [0, 0.1) is 6.92 Å². The van der Waals surface area contributed by atoms with E-state index < -0.39 is 10.8 Å². The largest absolute Gasteiger partial charge is 0.496 e. The Morgan fingerprint density at radius 2 is 2.05 bits per heavy atom. The van der Waals surface area contributed by atoms with Crippen molar-refractivity contribution in [2.45, 2.75) is 17.9 Å². The van der Waals surface area contributed by atoms with E-state index in [9.17, 15) is 4.21 Å². The summed E-state index contributed by atoms with van der Waals surface area (Å²) in [5.41, 5.74) is 8.17. The van der Waals surface area contributed by atoms with Crippen LogP contribution in [-0.4, -0.2) is 17.1 Å². The molecule has 21 heavy (non-hydrogen) atoms. The molecule has 0 amide bonds. The molecule has 0 heterocycles. The molecular weight excluding hydrogens is 306 g/mol. The molecule has 0 radical (unpaired) electrons. The Labute approximate surface area is 132 Å². The maximum Gasteiger partial charge on any atom is 0.123 e. The molecule has 5 heteroatoms. The minimum absolute atomic E-state index is 0.320. The predicted molar refractivity (Wildman–Crippen MR) is 87.4 cm³/mol. The molecule has 2 unspecified atom stereocenters. The van der Waals surface area contributed by atoms with E-state index in [0.717, 1.165) is 16.9 Å². The van der Waals surface area contributed by atoms with Crippen molar-refractivity contribution < 1.29 is 8.95 Å². The number of methoxy groups -OCH3 is 1. The third kappa shape index (κ3) is 4.06. The van der Waals surface area contributed by atoms with Crippen LogP contribution >= 0.6 is 11.6 Å². The summed E-state index contributed by atoms with van der Waals surface area (Å²) in [7, 11) is 0.400. The molecule has 0 fully saturated rings. The highest BCUT2D eigenvalue weighted by Crippen LogP contribution is 2.26. The Kier molecular flexibility index (Phi) is 5.39. The molecule has 0 bridgehead atoms. The average Bonchev–Trinajstić information content (AvgIpc) is 2.47. The number of rotatable bonds is 5. The van der Waals surface area contributed by atoms with Gasteiger partial charge in [-0.1, -0.05) is 35.4 Å². The molecule has 2 N–H and O–H groups in total. The van der Waals surface area contributed by atoms with E-state index in [1.165, 1.54) is 0 Å². The van der Waals surface area contributed by atoms with Crippen molar-refractivity contribution >= 4 is 22.4 Å². The van der Waals surface area contributed by atoms with Gasteiger partial charge in [-0.15, -0.1) is 0 Å². The minimum atomic E-state index is -1.21. The predicted octanol–water partition coefficient (Wildman–Crippen LogP) is 3.46. The fourth-order valence-electron chi connectivity index (χ4n) is 2.10. The van der Waals surface area contributed by atoms with E-state index in [1.54, 1.807) is 31.4 Å². The van der Waals surface area contributed by atoms with Gasteiger partial charge in [0.05, 0.1) is 17.9 Å². The number of halogens is 1. The van der Waals surface area contributed by atoms with E-state index in [4.69, 9.17) is 22.1 Å². The molecule has 3 nitrogen and oxygen atoms in total. The summed E-state index contributed by atoms with van der Waals surface area (Å²) < 4.78 is 17.7. The molecule has 2 aromatic rings. The summed E-state index contributed by atoms with van der Waals surface area (Å²) >= 11 is 5.93. The lowest BCUT2D eigenvalue weighted by Gasteiger charge is -2.16. The smallest absolute Gasteiger partial charge is 0.123 e. The van der Waals surface area contributed by atoms with Gasteiger partial charge in [-0.05, 0) is 31.2 Å². The molecule has 0 aliphatic carbocycles. The van der Waals surface area contributed by atoms with Crippen LogP contribution in [0.5, 0.6) is 5.75 Å². The molecule has 2 aromatic carbocycles. The van der Waals surface area contributed by atoms with Gasteiger partial charge in [-0.3, -0.25) is 4.21 Å². The number of hydrogen-bond donors (Lipinski definition) is 1. The van der Waals surface area contributed by atoms with Gasteiger partial charge in [-0.2, -0.15) is 0 Å². The first-order valence-corrected chi connectivity index (χ1v) is 8.25. The van der Waals surface area contributed by atoms with Crippen molar-refractivity contribution in [3.63, 3.8) is 0 Å². The highest BCUT2D eigenvalue weighted by atomic mass is 35.5. The summed E-state index contributed by atoms with van der Waals surface area (Å²) in [5, 5.41) is 0.572. The highest BCUT2D eigenvalue weighted by molar-refractivity contribution is 7.85. The first-order chi connectivity index (χ1) is 10.0. The topological polar surface area (TPSA) is 52.3 Å². The van der Waals surface area contributed by atoms with Crippen molar-refractivity contribution in [2.24, 2.45) is 5.73 Å². The molecule has 0 saturated heterocycles. The number of aryl methyl sites for hydroxylation is 1. The van der Waals surface area contributed by atoms with E-state index in [-0.39, 0.29) is 6.04 Å². The Balaban J connectivity index is 2.20. The van der Waals surface area contributed by atoms with Gasteiger partial charge in [0.2, 0.25) is 0 Å². The second kappa shape index (κ2) is 7.07. The second-order valence-corrected chi connectivity index (χ2v) is 6.75. The van der Waals surface area contributed by atoms with Gasteiger partial charge in [0.1, 0.15) is 5.75 Å². The number of hydrogen-bond acceptors (Lipinski definition) is 3. The monoisotopic (exact) mass is 323 g/mol. The van der Waals surface area contributed by atoms with Crippen LogP contribution in [-0.2, 0) is 10.8 Å². The van der Waals surface area contributed by atoms with E-state index in [0.29, 0.717) is 15.7 Å². The van der Waals surface area contributed by atoms with Crippen molar-refractivity contribution in [3.05, 3.63) is 58.6 Å². The fourth-order valence-corrected chi connectivity index (χ4v) is 3.54. The lowest BCUT2D eigenvalue weighted by molar-refractivity contribution is 0.407. The molecule has 0 aliphatic heterocycles. The van der Waals surface area contributed by atoms with Crippen LogP contribution in [0.2, 0.25) is 5.02 Å². The zero-order valence-corrected chi connectivity index (χ0v) is 13.6. The zero-order chi connectivity index (χ0) is 15.4. The average molecular weight is 324 g/mol. The van der Waals surface area contributed by atoms with Crippen molar-refractivity contribution in [2.75, 3.05) is 12.9 Å². The minimum Gasteiger partial charge on any atom is -0.496 e. The molecule has 0 aliphatic rings.